The minimum absolute atomic E-state index is 0.0858. The van der Waals surface area contributed by atoms with Gasteiger partial charge in [-0.2, -0.15) is 0 Å². The highest BCUT2D eigenvalue weighted by Crippen LogP contribution is 2.33. The zero-order valence-electron chi connectivity index (χ0n) is 14.2. The number of nitrogens with zero attached hydrogens (tertiary/aromatic N) is 2. The minimum atomic E-state index is -0.656. The van der Waals surface area contributed by atoms with Crippen LogP contribution in [0.2, 0.25) is 0 Å². The average molecular weight is 362 g/mol. The summed E-state index contributed by atoms with van der Waals surface area (Å²) < 4.78 is 23.5. The molecule has 1 aromatic carbocycles. The molecule has 26 heavy (non-hydrogen) atoms. The van der Waals surface area contributed by atoms with E-state index in [-0.39, 0.29) is 31.4 Å². The first kappa shape index (κ1) is 16.8. The highest BCUT2D eigenvalue weighted by Gasteiger charge is 2.46. The van der Waals surface area contributed by atoms with Gasteiger partial charge in [0.2, 0.25) is 11.8 Å². The molecule has 1 aromatic rings. The summed E-state index contributed by atoms with van der Waals surface area (Å²) in [5.74, 6) is -1.13. The smallest absolute Gasteiger partial charge is 0.430 e. The monoisotopic (exact) mass is 362 g/mol. The molecule has 3 fully saturated rings. The van der Waals surface area contributed by atoms with Gasteiger partial charge in [-0.25, -0.2) is 9.18 Å². The maximum absolute atomic E-state index is 13.4. The van der Waals surface area contributed by atoms with Gasteiger partial charge in [-0.05, 0) is 18.2 Å². The van der Waals surface area contributed by atoms with Crippen molar-refractivity contribution in [3.05, 3.63) is 30.1 Å². The van der Waals surface area contributed by atoms with Crippen LogP contribution in [-0.2, 0) is 19.1 Å². The molecule has 2 amide bonds. The number of amides is 2. The van der Waals surface area contributed by atoms with E-state index in [1.54, 1.807) is 17.0 Å². The van der Waals surface area contributed by atoms with Crippen molar-refractivity contribution in [1.29, 1.82) is 0 Å². The fourth-order valence-electron chi connectivity index (χ4n) is 3.83. The third-order valence-electron chi connectivity index (χ3n) is 5.33. The van der Waals surface area contributed by atoms with E-state index >= 15 is 0 Å². The molecule has 3 aliphatic heterocycles. The number of anilines is 1. The maximum atomic E-state index is 13.4. The van der Waals surface area contributed by atoms with Crippen molar-refractivity contribution < 1.29 is 28.2 Å². The molecule has 3 aliphatic rings. The van der Waals surface area contributed by atoms with Crippen LogP contribution < -0.4 is 4.90 Å². The first-order valence-corrected chi connectivity index (χ1v) is 8.66. The molecule has 4 rings (SSSR count). The maximum Gasteiger partial charge on any atom is 0.509 e. The molecule has 0 bridgehead atoms. The van der Waals surface area contributed by atoms with Gasteiger partial charge in [0.05, 0.1) is 5.92 Å². The number of halogens is 1. The summed E-state index contributed by atoms with van der Waals surface area (Å²) in [7, 11) is 0. The van der Waals surface area contributed by atoms with Crippen molar-refractivity contribution in [1.82, 2.24) is 4.90 Å². The second-order valence-electron chi connectivity index (χ2n) is 7.03. The fourth-order valence-corrected chi connectivity index (χ4v) is 3.83. The molecule has 1 spiro atoms. The number of likely N-dealkylation sites (tertiary alicyclic amines) is 1. The lowest BCUT2D eigenvalue weighted by molar-refractivity contribution is -0.139. The summed E-state index contributed by atoms with van der Waals surface area (Å²) in [5, 5.41) is 0. The third kappa shape index (κ3) is 3.00. The van der Waals surface area contributed by atoms with Crippen LogP contribution in [0.4, 0.5) is 14.9 Å². The number of piperidine rings is 1. The van der Waals surface area contributed by atoms with E-state index in [1.807, 2.05) is 0 Å². The predicted octanol–water partition coefficient (Wildman–Crippen LogP) is 1.71. The van der Waals surface area contributed by atoms with Gasteiger partial charge in [0.1, 0.15) is 12.4 Å². The molecule has 0 radical (unpaired) electrons. The Morgan fingerprint density at radius 1 is 1.23 bits per heavy atom. The normalized spacial score (nSPS) is 24.7. The Morgan fingerprint density at radius 3 is 2.65 bits per heavy atom. The summed E-state index contributed by atoms with van der Waals surface area (Å²) in [4.78, 5) is 39.4. The van der Waals surface area contributed by atoms with E-state index in [4.69, 9.17) is 9.47 Å². The molecule has 0 aromatic heterocycles. The third-order valence-corrected chi connectivity index (χ3v) is 5.33. The largest absolute Gasteiger partial charge is 0.509 e. The van der Waals surface area contributed by atoms with Crippen molar-refractivity contribution in [2.45, 2.75) is 24.9 Å². The summed E-state index contributed by atoms with van der Waals surface area (Å²) in [6, 6.07) is 5.81. The Morgan fingerprint density at radius 2 is 2.00 bits per heavy atom. The van der Waals surface area contributed by atoms with Crippen LogP contribution in [0, 0.1) is 11.7 Å². The molecule has 7 nitrogen and oxygen atoms in total. The van der Waals surface area contributed by atoms with Crippen LogP contribution in [0.1, 0.15) is 19.3 Å². The lowest BCUT2D eigenvalue weighted by Gasteiger charge is -2.37. The van der Waals surface area contributed by atoms with Crippen LogP contribution in [0.25, 0.3) is 0 Å². The molecule has 0 N–H and O–H groups in total. The molecule has 8 heteroatoms. The number of carbonyl (C=O) groups is 3. The van der Waals surface area contributed by atoms with Crippen LogP contribution in [0.15, 0.2) is 24.3 Å². The topological polar surface area (TPSA) is 76.2 Å². The summed E-state index contributed by atoms with van der Waals surface area (Å²) in [5.41, 5.74) is -0.148. The van der Waals surface area contributed by atoms with Crippen LogP contribution in [-0.4, -0.2) is 54.7 Å². The highest BCUT2D eigenvalue weighted by atomic mass is 19.1. The van der Waals surface area contributed by atoms with Crippen molar-refractivity contribution in [2.24, 2.45) is 5.92 Å². The van der Waals surface area contributed by atoms with E-state index in [1.165, 1.54) is 17.0 Å². The number of hydrogen-bond donors (Lipinski definition) is 0. The number of hydrogen-bond acceptors (Lipinski definition) is 5. The summed E-state index contributed by atoms with van der Waals surface area (Å²) in [6.45, 7) is 1.39. The van der Waals surface area contributed by atoms with E-state index < -0.39 is 23.5 Å². The van der Waals surface area contributed by atoms with E-state index in [9.17, 15) is 18.8 Å². The standard InChI is InChI=1S/C18H19FN2O5/c19-13-2-1-3-14(9-13)21-10-12(8-15(21)22)16(23)20-6-4-18(5-7-20)11-25-17(24)26-18/h1-3,9,12H,4-8,10-11H2/t12-/m1/s1. The molecule has 138 valence electrons. The van der Waals surface area contributed by atoms with Gasteiger partial charge in [0, 0.05) is 44.6 Å². The number of carbonyl (C=O) groups excluding carboxylic acids is 3. The van der Waals surface area contributed by atoms with E-state index in [0.717, 1.165) is 0 Å². The Hall–Kier alpha value is -2.64. The average Bonchev–Trinajstić information content (AvgIpc) is 3.18. The molecule has 0 aliphatic carbocycles. The van der Waals surface area contributed by atoms with Crippen molar-refractivity contribution in [3.8, 4) is 0 Å². The predicted molar refractivity (Wildman–Crippen MR) is 87.8 cm³/mol. The number of ether oxygens (including phenoxy) is 2. The fraction of sp³-hybridized carbons (Fsp3) is 0.500. The lowest BCUT2D eigenvalue weighted by Crippen LogP contribution is -2.49. The Balaban J connectivity index is 1.39. The first-order chi connectivity index (χ1) is 12.5. The second kappa shape index (κ2) is 6.26. The van der Waals surface area contributed by atoms with Gasteiger partial charge in [0.15, 0.2) is 5.60 Å². The van der Waals surface area contributed by atoms with Gasteiger partial charge in [-0.15, -0.1) is 0 Å². The molecular weight excluding hydrogens is 343 g/mol. The van der Waals surface area contributed by atoms with Crippen LogP contribution >= 0.6 is 0 Å². The Labute approximate surface area is 149 Å². The summed E-state index contributed by atoms with van der Waals surface area (Å²) in [6.07, 6.45) is 0.518. The number of benzene rings is 1. The summed E-state index contributed by atoms with van der Waals surface area (Å²) >= 11 is 0. The number of cyclic esters (lactones) is 1. The van der Waals surface area contributed by atoms with Crippen molar-refractivity contribution >= 4 is 23.7 Å². The first-order valence-electron chi connectivity index (χ1n) is 8.66. The molecule has 0 unspecified atom stereocenters. The van der Waals surface area contributed by atoms with Gasteiger partial charge < -0.3 is 19.3 Å². The second-order valence-corrected chi connectivity index (χ2v) is 7.03. The van der Waals surface area contributed by atoms with Crippen molar-refractivity contribution in [3.63, 3.8) is 0 Å². The molecular formula is C18H19FN2O5. The molecule has 3 saturated heterocycles. The molecule has 0 saturated carbocycles. The van der Waals surface area contributed by atoms with Crippen LogP contribution in [0.5, 0.6) is 0 Å². The van der Waals surface area contributed by atoms with Gasteiger partial charge >= 0.3 is 6.16 Å². The minimum Gasteiger partial charge on any atom is -0.430 e. The van der Waals surface area contributed by atoms with Gasteiger partial charge in [-0.3, -0.25) is 9.59 Å². The van der Waals surface area contributed by atoms with Gasteiger partial charge in [0.25, 0.3) is 0 Å². The Kier molecular flexibility index (Phi) is 4.05. The SMILES string of the molecule is O=C1OCC2(CCN(C(=O)[C@@H]3CC(=O)N(c4cccc(F)c4)C3)CC2)O1. The zero-order chi connectivity index (χ0) is 18.3. The zero-order valence-corrected chi connectivity index (χ0v) is 14.2. The van der Waals surface area contributed by atoms with Gasteiger partial charge in [-0.1, -0.05) is 6.07 Å². The lowest BCUT2D eigenvalue weighted by atomic mass is 9.91. The molecule has 1 atom stereocenters. The van der Waals surface area contributed by atoms with Crippen molar-refractivity contribution in [2.75, 3.05) is 31.1 Å². The van der Waals surface area contributed by atoms with E-state index in [2.05, 4.69) is 0 Å². The quantitative estimate of drug-likeness (QED) is 0.749. The molecule has 3 heterocycles. The highest BCUT2D eigenvalue weighted by molar-refractivity contribution is 6.00. The Bertz CT molecular complexity index is 760. The van der Waals surface area contributed by atoms with E-state index in [0.29, 0.717) is 31.6 Å². The van der Waals surface area contributed by atoms with Crippen LogP contribution in [0.3, 0.4) is 0 Å². The number of rotatable bonds is 2.